The van der Waals surface area contributed by atoms with Crippen LogP contribution in [0, 0.1) is 12.7 Å². The lowest BCUT2D eigenvalue weighted by Gasteiger charge is -2.13. The first-order chi connectivity index (χ1) is 9.29. The highest BCUT2D eigenvalue weighted by atomic mass is 32.2. The van der Waals surface area contributed by atoms with Crippen molar-refractivity contribution in [2.75, 3.05) is 11.1 Å². The second-order valence-electron chi connectivity index (χ2n) is 4.35. The van der Waals surface area contributed by atoms with Crippen molar-refractivity contribution >= 4 is 27.1 Å². The molecule has 0 heterocycles. The highest BCUT2D eigenvalue weighted by Gasteiger charge is 2.12. The number of para-hydroxylation sites is 1. The van der Waals surface area contributed by atoms with Crippen molar-refractivity contribution in [2.24, 2.45) is 5.14 Å². The van der Waals surface area contributed by atoms with Crippen LogP contribution >= 0.6 is 0 Å². The molecule has 0 atom stereocenters. The second kappa shape index (κ2) is 5.10. The van der Waals surface area contributed by atoms with Crippen LogP contribution in [0.1, 0.15) is 5.56 Å². The van der Waals surface area contributed by atoms with Crippen molar-refractivity contribution in [3.05, 3.63) is 47.8 Å². The summed E-state index contributed by atoms with van der Waals surface area (Å²) in [6.07, 6.45) is 0. The van der Waals surface area contributed by atoms with E-state index in [2.05, 4.69) is 5.32 Å². The summed E-state index contributed by atoms with van der Waals surface area (Å²) < 4.78 is 36.1. The number of primary sulfonamides is 1. The number of nitrogens with one attached hydrogen (secondary N) is 1. The molecule has 5 N–H and O–H groups in total. The number of sulfonamides is 1. The largest absolute Gasteiger partial charge is 0.397 e. The Balaban J connectivity index is 2.41. The lowest BCUT2D eigenvalue weighted by atomic mass is 10.1. The maximum Gasteiger partial charge on any atom is 0.238 e. The van der Waals surface area contributed by atoms with Gasteiger partial charge >= 0.3 is 0 Å². The summed E-state index contributed by atoms with van der Waals surface area (Å²) in [5.74, 6) is -0.417. The van der Waals surface area contributed by atoms with E-state index in [9.17, 15) is 12.8 Å². The molecule has 0 amide bonds. The average Bonchev–Trinajstić information content (AvgIpc) is 2.34. The number of nitrogens with two attached hydrogens (primary N) is 2. The smallest absolute Gasteiger partial charge is 0.238 e. The summed E-state index contributed by atoms with van der Waals surface area (Å²) in [7, 11) is -3.81. The van der Waals surface area contributed by atoms with E-state index < -0.39 is 15.8 Å². The van der Waals surface area contributed by atoms with Gasteiger partial charge in [0.15, 0.2) is 0 Å². The highest BCUT2D eigenvalue weighted by molar-refractivity contribution is 7.89. The third-order valence-corrected chi connectivity index (χ3v) is 3.74. The minimum atomic E-state index is -3.81. The number of nitrogen functional groups attached to an aromatic ring is 1. The van der Waals surface area contributed by atoms with E-state index in [0.717, 1.165) is 0 Å². The van der Waals surface area contributed by atoms with E-state index in [1.165, 1.54) is 24.3 Å². The van der Waals surface area contributed by atoms with Gasteiger partial charge in [0.05, 0.1) is 22.0 Å². The average molecular weight is 295 g/mol. The van der Waals surface area contributed by atoms with Crippen LogP contribution in [0.5, 0.6) is 0 Å². The van der Waals surface area contributed by atoms with Gasteiger partial charge in [0.1, 0.15) is 5.82 Å². The fourth-order valence-electron chi connectivity index (χ4n) is 1.76. The third-order valence-electron chi connectivity index (χ3n) is 2.83. The molecule has 0 aliphatic carbocycles. The molecule has 0 saturated carbocycles. The number of hydrogen-bond donors (Lipinski definition) is 3. The first-order valence-electron chi connectivity index (χ1n) is 5.73. The predicted octanol–water partition coefficient (Wildman–Crippen LogP) is 2.11. The molecule has 0 bridgehead atoms. The lowest BCUT2D eigenvalue weighted by Crippen LogP contribution is -2.12. The molecule has 0 aromatic heterocycles. The van der Waals surface area contributed by atoms with E-state index in [1.807, 2.05) is 0 Å². The third kappa shape index (κ3) is 2.89. The molecule has 7 heteroatoms. The Labute approximate surface area is 116 Å². The summed E-state index contributed by atoms with van der Waals surface area (Å²) >= 11 is 0. The van der Waals surface area contributed by atoms with Gasteiger partial charge in [0.25, 0.3) is 0 Å². The molecule has 0 unspecified atom stereocenters. The molecule has 2 aromatic carbocycles. The van der Waals surface area contributed by atoms with E-state index in [0.29, 0.717) is 16.9 Å². The lowest BCUT2D eigenvalue weighted by molar-refractivity contribution is 0.598. The molecule has 0 saturated heterocycles. The molecule has 2 aromatic rings. The molecule has 106 valence electrons. The van der Waals surface area contributed by atoms with E-state index in [1.54, 1.807) is 19.1 Å². The van der Waals surface area contributed by atoms with Crippen LogP contribution in [0.15, 0.2) is 41.3 Å². The summed E-state index contributed by atoms with van der Waals surface area (Å²) in [6.45, 7) is 1.75. The van der Waals surface area contributed by atoms with Gasteiger partial charge in [-0.15, -0.1) is 0 Å². The minimum Gasteiger partial charge on any atom is -0.397 e. The second-order valence-corrected chi connectivity index (χ2v) is 5.91. The van der Waals surface area contributed by atoms with Crippen molar-refractivity contribution in [2.45, 2.75) is 11.8 Å². The molecule has 5 nitrogen and oxygen atoms in total. The van der Waals surface area contributed by atoms with Gasteiger partial charge in [-0.3, -0.25) is 0 Å². The molecular weight excluding hydrogens is 281 g/mol. The van der Waals surface area contributed by atoms with Gasteiger partial charge in [-0.1, -0.05) is 12.1 Å². The Morgan fingerprint density at radius 3 is 2.45 bits per heavy atom. The fourth-order valence-corrected chi connectivity index (χ4v) is 2.31. The molecule has 2 rings (SSSR count). The Morgan fingerprint density at radius 2 is 1.90 bits per heavy atom. The van der Waals surface area contributed by atoms with Crippen LogP contribution in [0.4, 0.5) is 21.5 Å². The fraction of sp³-hybridized carbons (Fsp3) is 0.0769. The standard InChI is InChI=1S/C13H14FN3O2S/c1-8-3-2-4-10(14)13(8)17-12-6-5-9(7-11(12)15)20(16,18)19/h2-7,17H,15H2,1H3,(H2,16,18,19). The molecule has 0 aliphatic rings. The van der Waals surface area contributed by atoms with Gasteiger partial charge in [0.2, 0.25) is 10.0 Å². The summed E-state index contributed by atoms with van der Waals surface area (Å²) in [6, 6.07) is 8.66. The first kappa shape index (κ1) is 14.3. The topological polar surface area (TPSA) is 98.2 Å². The Morgan fingerprint density at radius 1 is 1.20 bits per heavy atom. The van der Waals surface area contributed by atoms with Crippen molar-refractivity contribution in [1.29, 1.82) is 0 Å². The van der Waals surface area contributed by atoms with Crippen LogP contribution in [-0.4, -0.2) is 8.42 Å². The van der Waals surface area contributed by atoms with Crippen LogP contribution < -0.4 is 16.2 Å². The number of benzene rings is 2. The predicted molar refractivity (Wildman–Crippen MR) is 76.6 cm³/mol. The van der Waals surface area contributed by atoms with Crippen molar-refractivity contribution in [3.63, 3.8) is 0 Å². The van der Waals surface area contributed by atoms with Crippen LogP contribution in [0.3, 0.4) is 0 Å². The van der Waals surface area contributed by atoms with Crippen LogP contribution in [-0.2, 0) is 10.0 Å². The van der Waals surface area contributed by atoms with Crippen molar-refractivity contribution < 1.29 is 12.8 Å². The van der Waals surface area contributed by atoms with Crippen LogP contribution in [0.2, 0.25) is 0 Å². The quantitative estimate of drug-likeness (QED) is 0.755. The normalized spacial score (nSPS) is 11.3. The molecule has 0 fully saturated rings. The summed E-state index contributed by atoms with van der Waals surface area (Å²) in [5.41, 5.74) is 7.34. The Bertz CT molecular complexity index is 740. The summed E-state index contributed by atoms with van der Waals surface area (Å²) in [4.78, 5) is -0.0918. The van der Waals surface area contributed by atoms with Gasteiger partial charge in [-0.05, 0) is 36.8 Å². The molecule has 20 heavy (non-hydrogen) atoms. The first-order valence-corrected chi connectivity index (χ1v) is 7.28. The van der Waals surface area contributed by atoms with Gasteiger partial charge in [-0.2, -0.15) is 0 Å². The number of anilines is 3. The number of halogens is 1. The maximum absolute atomic E-state index is 13.7. The minimum absolute atomic E-state index is 0.0918. The Kier molecular flexibility index (Phi) is 3.65. The summed E-state index contributed by atoms with van der Waals surface area (Å²) in [5, 5.41) is 7.86. The van der Waals surface area contributed by atoms with Crippen molar-refractivity contribution in [1.82, 2.24) is 0 Å². The molecule has 0 radical (unpaired) electrons. The van der Waals surface area contributed by atoms with E-state index in [-0.39, 0.29) is 10.6 Å². The van der Waals surface area contributed by atoms with E-state index >= 15 is 0 Å². The number of rotatable bonds is 3. The zero-order valence-electron chi connectivity index (χ0n) is 10.7. The highest BCUT2D eigenvalue weighted by Crippen LogP contribution is 2.28. The molecule has 0 aliphatic heterocycles. The molecule has 0 spiro atoms. The van der Waals surface area contributed by atoms with Crippen molar-refractivity contribution in [3.8, 4) is 0 Å². The van der Waals surface area contributed by atoms with Gasteiger partial charge in [-0.25, -0.2) is 17.9 Å². The zero-order chi connectivity index (χ0) is 14.9. The molecular formula is C13H14FN3O2S. The van der Waals surface area contributed by atoms with Crippen LogP contribution in [0.25, 0.3) is 0 Å². The monoisotopic (exact) mass is 295 g/mol. The SMILES string of the molecule is Cc1cccc(F)c1Nc1ccc(S(N)(=O)=O)cc1N. The van der Waals surface area contributed by atoms with Gasteiger partial charge in [0, 0.05) is 0 Å². The zero-order valence-corrected chi connectivity index (χ0v) is 11.5. The number of aryl methyl sites for hydroxylation is 1. The Hall–Kier alpha value is -2.12. The maximum atomic E-state index is 13.7. The van der Waals surface area contributed by atoms with Gasteiger partial charge < -0.3 is 11.1 Å². The van der Waals surface area contributed by atoms with E-state index in [4.69, 9.17) is 10.9 Å². The number of hydrogen-bond acceptors (Lipinski definition) is 4.